The van der Waals surface area contributed by atoms with Crippen molar-refractivity contribution in [2.75, 3.05) is 0 Å². The smallest absolute Gasteiger partial charge is 0.306 e. The zero-order chi connectivity index (χ0) is 24.2. The van der Waals surface area contributed by atoms with E-state index < -0.39 is 23.3 Å². The number of carbonyl (C=O) groups is 1. The van der Waals surface area contributed by atoms with E-state index in [1.165, 1.54) is 12.1 Å². The third-order valence-corrected chi connectivity index (χ3v) is 6.18. The molecule has 7 heteroatoms. The Kier molecular flexibility index (Phi) is 7.32. The average Bonchev–Trinajstić information content (AvgIpc) is 3.75. The molecule has 34 heavy (non-hydrogen) atoms. The Morgan fingerprint density at radius 3 is 1.88 bits per heavy atom. The number of carbonyl (C=O) groups excluding carboxylic acids is 1. The molecule has 0 amide bonds. The average molecular weight is 471 g/mol. The Balaban J connectivity index is 0.000000192. The Morgan fingerprint density at radius 1 is 0.794 bits per heavy atom. The fourth-order valence-corrected chi connectivity index (χ4v) is 3.98. The van der Waals surface area contributed by atoms with Gasteiger partial charge in [0.05, 0.1) is 0 Å². The lowest BCUT2D eigenvalue weighted by Crippen LogP contribution is -2.05. The summed E-state index contributed by atoms with van der Waals surface area (Å²) < 4.78 is 56.5. The van der Waals surface area contributed by atoms with Crippen molar-refractivity contribution in [2.45, 2.75) is 43.7 Å². The highest BCUT2D eigenvalue weighted by Crippen LogP contribution is 2.49. The van der Waals surface area contributed by atoms with Crippen LogP contribution in [0.3, 0.4) is 0 Å². The first-order valence-corrected chi connectivity index (χ1v) is 11.2. The summed E-state index contributed by atoms with van der Waals surface area (Å²) in [6.45, 7) is 0.266. The van der Waals surface area contributed by atoms with Crippen LogP contribution in [0.1, 0.15) is 47.8 Å². The maximum atomic E-state index is 13.2. The molecule has 0 heterocycles. The van der Waals surface area contributed by atoms with Crippen LogP contribution in [0.25, 0.3) is 0 Å². The van der Waals surface area contributed by atoms with Gasteiger partial charge in [-0.2, -0.15) is 0 Å². The highest BCUT2D eigenvalue weighted by Gasteiger charge is 2.40. The third-order valence-electron chi connectivity index (χ3n) is 6.18. The summed E-state index contributed by atoms with van der Waals surface area (Å²) in [5.74, 6) is -3.00. The first-order valence-electron chi connectivity index (χ1n) is 11.2. The molecule has 0 saturated heterocycles. The van der Waals surface area contributed by atoms with Crippen molar-refractivity contribution in [2.24, 2.45) is 11.7 Å². The van der Waals surface area contributed by atoms with Crippen LogP contribution in [0, 0.1) is 29.2 Å². The van der Waals surface area contributed by atoms with Gasteiger partial charge >= 0.3 is 5.97 Å². The molecular formula is C27H25F4NO2. The normalized spacial score (nSPS) is 22.4. The molecule has 0 spiro atoms. The lowest BCUT2D eigenvalue weighted by molar-refractivity contribution is -0.145. The quantitative estimate of drug-likeness (QED) is 0.355. The van der Waals surface area contributed by atoms with Crippen LogP contribution >= 0.6 is 0 Å². The van der Waals surface area contributed by atoms with Crippen LogP contribution in [0.2, 0.25) is 0 Å². The fourth-order valence-electron chi connectivity index (χ4n) is 3.98. The topological polar surface area (TPSA) is 52.3 Å². The molecule has 0 unspecified atom stereocenters. The number of benzene rings is 3. The standard InChI is InChI=1S/C18H16F2O2.C9H9F2N/c19-16-7-6-13(9-17(16)20)15-8-14(15)10-18(21)22-11-12-4-2-1-3-5-12;10-7-2-1-5(3-8(7)11)6-4-9(6)12/h1-7,9,14-15H,8,10-11H2;1-3,6,9H,4,12H2/t14-,15-;6-,9+/m00/s1. The number of ether oxygens (including phenoxy) is 1. The summed E-state index contributed by atoms with van der Waals surface area (Å²) in [4.78, 5) is 11.8. The van der Waals surface area contributed by atoms with Crippen LogP contribution in [0.4, 0.5) is 17.6 Å². The van der Waals surface area contributed by atoms with Gasteiger partial charge in [-0.25, -0.2) is 17.6 Å². The number of rotatable bonds is 6. The highest BCUT2D eigenvalue weighted by atomic mass is 19.2. The predicted octanol–water partition coefficient (Wildman–Crippen LogP) is 5.98. The van der Waals surface area contributed by atoms with Crippen molar-refractivity contribution < 1.29 is 27.1 Å². The van der Waals surface area contributed by atoms with Crippen LogP contribution in [-0.2, 0) is 16.1 Å². The molecule has 2 fully saturated rings. The minimum atomic E-state index is -0.844. The molecule has 178 valence electrons. The highest BCUT2D eigenvalue weighted by molar-refractivity contribution is 5.70. The van der Waals surface area contributed by atoms with E-state index in [2.05, 4.69) is 0 Å². The minimum Gasteiger partial charge on any atom is -0.461 e. The Hall–Kier alpha value is -3.19. The van der Waals surface area contributed by atoms with Gasteiger partial charge in [0.25, 0.3) is 0 Å². The number of hydrogen-bond donors (Lipinski definition) is 1. The van der Waals surface area contributed by atoms with Crippen molar-refractivity contribution >= 4 is 5.97 Å². The van der Waals surface area contributed by atoms with Gasteiger partial charge in [0.1, 0.15) is 6.61 Å². The second-order valence-corrected chi connectivity index (χ2v) is 8.81. The first kappa shape index (κ1) is 24.0. The molecule has 0 radical (unpaired) electrons. The van der Waals surface area contributed by atoms with Crippen molar-refractivity contribution in [3.05, 3.63) is 107 Å². The van der Waals surface area contributed by atoms with Gasteiger partial charge in [0.2, 0.25) is 0 Å². The molecule has 2 N–H and O–H groups in total. The van der Waals surface area contributed by atoms with Gasteiger partial charge in [0, 0.05) is 18.4 Å². The van der Waals surface area contributed by atoms with Crippen molar-refractivity contribution in [1.29, 1.82) is 0 Å². The minimum absolute atomic E-state index is 0.124. The maximum Gasteiger partial charge on any atom is 0.306 e. The first-order chi connectivity index (χ1) is 16.3. The molecule has 2 saturated carbocycles. The number of halogens is 4. The number of nitrogens with two attached hydrogens (primary N) is 1. The molecule has 2 aliphatic carbocycles. The molecule has 3 aromatic rings. The second-order valence-electron chi connectivity index (χ2n) is 8.81. The SMILES string of the molecule is N[C@@H]1C[C@H]1c1ccc(F)c(F)c1.O=C(C[C@@H]1C[C@H]1c1ccc(F)c(F)c1)OCc1ccccc1. The summed E-state index contributed by atoms with van der Waals surface area (Å²) >= 11 is 0. The molecule has 5 rings (SSSR count). The molecule has 2 aliphatic rings. The van der Waals surface area contributed by atoms with Crippen molar-refractivity contribution in [3.63, 3.8) is 0 Å². The van der Waals surface area contributed by atoms with E-state index in [4.69, 9.17) is 10.5 Å². The van der Waals surface area contributed by atoms with Crippen LogP contribution in [-0.4, -0.2) is 12.0 Å². The summed E-state index contributed by atoms with van der Waals surface area (Å²) in [7, 11) is 0. The zero-order valence-corrected chi connectivity index (χ0v) is 18.4. The number of hydrogen-bond acceptors (Lipinski definition) is 3. The summed E-state index contributed by atoms with van der Waals surface area (Å²) in [5.41, 5.74) is 8.08. The Morgan fingerprint density at radius 2 is 1.35 bits per heavy atom. The van der Waals surface area contributed by atoms with E-state index in [-0.39, 0.29) is 36.4 Å². The molecular weight excluding hydrogens is 446 g/mol. The summed E-state index contributed by atoms with van der Waals surface area (Å²) in [5, 5.41) is 0. The lowest BCUT2D eigenvalue weighted by Gasteiger charge is -2.05. The molecule has 4 atom stereocenters. The predicted molar refractivity (Wildman–Crippen MR) is 120 cm³/mol. The Bertz CT molecular complexity index is 1150. The van der Waals surface area contributed by atoms with Crippen LogP contribution in [0.5, 0.6) is 0 Å². The van der Waals surface area contributed by atoms with Crippen LogP contribution < -0.4 is 5.73 Å². The fraction of sp³-hybridized carbons (Fsp3) is 0.296. The number of esters is 1. The van der Waals surface area contributed by atoms with E-state index in [1.807, 2.05) is 30.3 Å². The van der Waals surface area contributed by atoms with Gasteiger partial charge in [-0.3, -0.25) is 4.79 Å². The van der Waals surface area contributed by atoms with E-state index in [0.29, 0.717) is 6.42 Å². The second kappa shape index (κ2) is 10.4. The van der Waals surface area contributed by atoms with Crippen molar-refractivity contribution in [3.8, 4) is 0 Å². The third kappa shape index (κ3) is 6.23. The van der Waals surface area contributed by atoms with Gasteiger partial charge < -0.3 is 10.5 Å². The van der Waals surface area contributed by atoms with Gasteiger partial charge in [0.15, 0.2) is 23.3 Å². The molecule has 3 aromatic carbocycles. The summed E-state index contributed by atoms with van der Waals surface area (Å²) in [6.07, 6.45) is 2.01. The van der Waals surface area contributed by atoms with E-state index >= 15 is 0 Å². The van der Waals surface area contributed by atoms with Gasteiger partial charge in [-0.05, 0) is 65.6 Å². The molecule has 0 aliphatic heterocycles. The lowest BCUT2D eigenvalue weighted by atomic mass is 10.1. The van der Waals surface area contributed by atoms with Crippen LogP contribution in [0.15, 0.2) is 66.7 Å². The van der Waals surface area contributed by atoms with E-state index in [0.717, 1.165) is 41.7 Å². The van der Waals surface area contributed by atoms with E-state index in [1.54, 1.807) is 12.1 Å². The summed E-state index contributed by atoms with van der Waals surface area (Å²) in [6, 6.07) is 17.5. The zero-order valence-electron chi connectivity index (χ0n) is 18.4. The van der Waals surface area contributed by atoms with Gasteiger partial charge in [-0.15, -0.1) is 0 Å². The maximum absolute atomic E-state index is 13.2. The molecule has 3 nitrogen and oxygen atoms in total. The Labute approximate surface area is 195 Å². The van der Waals surface area contributed by atoms with Crippen molar-refractivity contribution in [1.82, 2.24) is 0 Å². The van der Waals surface area contributed by atoms with E-state index in [9.17, 15) is 22.4 Å². The molecule has 0 bridgehead atoms. The molecule has 0 aromatic heterocycles. The van der Waals surface area contributed by atoms with Gasteiger partial charge in [-0.1, -0.05) is 42.5 Å². The largest absolute Gasteiger partial charge is 0.461 e. The monoisotopic (exact) mass is 471 g/mol.